The summed E-state index contributed by atoms with van der Waals surface area (Å²) < 4.78 is 25.1. The summed E-state index contributed by atoms with van der Waals surface area (Å²) >= 11 is 0. The first kappa shape index (κ1) is 12.6. The lowest BCUT2D eigenvalue weighted by Gasteiger charge is -2.33. The monoisotopic (exact) mass is 234 g/mol. The first-order valence-electron chi connectivity index (χ1n) is 5.04. The number of allylic oxidation sites excluding steroid dienone is 1. The summed E-state index contributed by atoms with van der Waals surface area (Å²) in [6.45, 7) is 4.96. The first-order valence-corrected chi connectivity index (χ1v) is 6.64. The van der Waals surface area contributed by atoms with Crippen molar-refractivity contribution in [2.45, 2.75) is 12.5 Å². The number of piperazine rings is 1. The van der Waals surface area contributed by atoms with Gasteiger partial charge in [-0.05, 0) is 6.42 Å². The van der Waals surface area contributed by atoms with Gasteiger partial charge in [0.25, 0.3) is 0 Å². The van der Waals surface area contributed by atoms with E-state index in [9.17, 15) is 8.42 Å². The lowest BCUT2D eigenvalue weighted by atomic mass is 10.2. The summed E-state index contributed by atoms with van der Waals surface area (Å²) in [6, 6.07) is -0.325. The van der Waals surface area contributed by atoms with Gasteiger partial charge >= 0.3 is 0 Å². The third kappa shape index (κ3) is 3.27. The van der Waals surface area contributed by atoms with Gasteiger partial charge in [0.2, 0.25) is 10.0 Å². The zero-order chi connectivity index (χ0) is 11.3. The van der Waals surface area contributed by atoms with Crippen LogP contribution in [0.15, 0.2) is 12.7 Å². The Morgan fingerprint density at radius 2 is 2.33 bits per heavy atom. The van der Waals surface area contributed by atoms with E-state index in [1.807, 2.05) is 0 Å². The molecule has 2 N–H and O–H groups in total. The molecule has 1 saturated heterocycles. The third-order valence-electron chi connectivity index (χ3n) is 2.44. The highest BCUT2D eigenvalue weighted by molar-refractivity contribution is 7.89. The molecule has 5 nitrogen and oxygen atoms in total. The molecular formula is C9H18N2O3S. The van der Waals surface area contributed by atoms with E-state index in [-0.39, 0.29) is 18.4 Å². The average Bonchev–Trinajstić information content (AvgIpc) is 2.26. The van der Waals surface area contributed by atoms with Crippen LogP contribution < -0.4 is 5.32 Å². The van der Waals surface area contributed by atoms with Crippen LogP contribution in [0.2, 0.25) is 0 Å². The van der Waals surface area contributed by atoms with Crippen LogP contribution in [0.1, 0.15) is 6.42 Å². The van der Waals surface area contributed by atoms with E-state index >= 15 is 0 Å². The summed E-state index contributed by atoms with van der Waals surface area (Å²) in [5.41, 5.74) is 0. The molecule has 1 heterocycles. The second-order valence-corrected chi connectivity index (χ2v) is 5.59. The maximum Gasteiger partial charge on any atom is 0.214 e. The number of hydrogen-bond acceptors (Lipinski definition) is 4. The van der Waals surface area contributed by atoms with Crippen LogP contribution in [-0.4, -0.2) is 55.9 Å². The molecule has 0 amide bonds. The molecule has 0 saturated carbocycles. The minimum absolute atomic E-state index is 0.0764. The van der Waals surface area contributed by atoms with Crippen molar-refractivity contribution in [3.05, 3.63) is 12.7 Å². The normalized spacial score (nSPS) is 23.9. The quantitative estimate of drug-likeness (QED) is 0.609. The molecule has 1 fully saturated rings. The Bertz CT molecular complexity index is 302. The van der Waals surface area contributed by atoms with Crippen LogP contribution in [0.4, 0.5) is 0 Å². The van der Waals surface area contributed by atoms with Gasteiger partial charge in [-0.25, -0.2) is 8.42 Å². The highest BCUT2D eigenvalue weighted by atomic mass is 32.2. The topological polar surface area (TPSA) is 69.6 Å². The molecule has 6 heteroatoms. The first-order chi connectivity index (χ1) is 7.11. The minimum Gasteiger partial charge on any atom is -0.395 e. The molecule has 15 heavy (non-hydrogen) atoms. The Morgan fingerprint density at radius 3 is 2.93 bits per heavy atom. The second-order valence-electron chi connectivity index (χ2n) is 3.54. The van der Waals surface area contributed by atoms with Gasteiger partial charge in [-0.2, -0.15) is 4.31 Å². The van der Waals surface area contributed by atoms with Gasteiger partial charge in [-0.3, -0.25) is 0 Å². The van der Waals surface area contributed by atoms with E-state index in [0.29, 0.717) is 26.1 Å². The van der Waals surface area contributed by atoms with Crippen LogP contribution >= 0.6 is 0 Å². The van der Waals surface area contributed by atoms with Crippen molar-refractivity contribution in [3.63, 3.8) is 0 Å². The number of sulfonamides is 1. The highest BCUT2D eigenvalue weighted by Gasteiger charge is 2.30. The minimum atomic E-state index is -3.24. The predicted octanol–water partition coefficient (Wildman–Crippen LogP) is -0.842. The Morgan fingerprint density at radius 1 is 1.60 bits per heavy atom. The van der Waals surface area contributed by atoms with E-state index in [1.165, 1.54) is 4.31 Å². The van der Waals surface area contributed by atoms with Crippen molar-refractivity contribution in [2.75, 3.05) is 32.0 Å². The van der Waals surface area contributed by atoms with Crippen molar-refractivity contribution >= 4 is 10.0 Å². The van der Waals surface area contributed by atoms with E-state index in [2.05, 4.69) is 11.9 Å². The Balaban J connectivity index is 2.69. The van der Waals surface area contributed by atoms with E-state index in [1.54, 1.807) is 6.08 Å². The molecule has 1 aliphatic rings. The summed E-state index contributed by atoms with van der Waals surface area (Å²) in [5.74, 6) is 0.0764. The predicted molar refractivity (Wildman–Crippen MR) is 59.1 cm³/mol. The number of aliphatic hydroxyl groups excluding tert-OH is 1. The Hall–Kier alpha value is -0.430. The third-order valence-corrected chi connectivity index (χ3v) is 4.39. The number of nitrogens with zero attached hydrogens (tertiary/aromatic N) is 1. The van der Waals surface area contributed by atoms with Crippen molar-refractivity contribution < 1.29 is 13.5 Å². The van der Waals surface area contributed by atoms with Crippen molar-refractivity contribution in [2.24, 2.45) is 0 Å². The zero-order valence-electron chi connectivity index (χ0n) is 8.72. The molecule has 0 aromatic rings. The van der Waals surface area contributed by atoms with Crippen molar-refractivity contribution in [1.29, 1.82) is 0 Å². The van der Waals surface area contributed by atoms with Crippen LogP contribution in [0.5, 0.6) is 0 Å². The molecule has 0 bridgehead atoms. The van der Waals surface area contributed by atoms with E-state index < -0.39 is 10.0 Å². The molecule has 0 aliphatic carbocycles. The van der Waals surface area contributed by atoms with Crippen molar-refractivity contribution in [1.82, 2.24) is 9.62 Å². The fourth-order valence-electron chi connectivity index (χ4n) is 1.61. The molecule has 0 spiro atoms. The molecule has 1 unspecified atom stereocenters. The van der Waals surface area contributed by atoms with Gasteiger partial charge in [0.1, 0.15) is 0 Å². The SMILES string of the molecule is C=CCCS(=O)(=O)N1CCNCC1CO. The van der Waals surface area contributed by atoms with Gasteiger partial charge < -0.3 is 10.4 Å². The molecule has 1 aliphatic heterocycles. The summed E-state index contributed by atoms with van der Waals surface area (Å²) in [4.78, 5) is 0. The zero-order valence-corrected chi connectivity index (χ0v) is 9.54. The standard InChI is InChI=1S/C9H18N2O3S/c1-2-3-6-15(13,14)11-5-4-10-7-9(11)8-12/h2,9-10,12H,1,3-8H2. The number of nitrogens with one attached hydrogen (secondary N) is 1. The van der Waals surface area contributed by atoms with Gasteiger partial charge in [-0.1, -0.05) is 6.08 Å². The lowest BCUT2D eigenvalue weighted by Crippen LogP contribution is -2.55. The van der Waals surface area contributed by atoms with Crippen LogP contribution in [-0.2, 0) is 10.0 Å². The fourth-order valence-corrected chi connectivity index (χ4v) is 3.28. The molecule has 1 atom stereocenters. The van der Waals surface area contributed by atoms with E-state index in [0.717, 1.165) is 0 Å². The Kier molecular flexibility index (Phi) is 4.72. The smallest absolute Gasteiger partial charge is 0.214 e. The molecule has 0 radical (unpaired) electrons. The highest BCUT2D eigenvalue weighted by Crippen LogP contribution is 2.11. The summed E-state index contributed by atoms with van der Waals surface area (Å²) in [6.07, 6.45) is 2.04. The fraction of sp³-hybridized carbons (Fsp3) is 0.778. The summed E-state index contributed by atoms with van der Waals surface area (Å²) in [7, 11) is -3.24. The number of aliphatic hydroxyl groups is 1. The molecule has 88 valence electrons. The van der Waals surface area contributed by atoms with Gasteiger partial charge in [0, 0.05) is 19.6 Å². The van der Waals surface area contributed by atoms with Crippen LogP contribution in [0.25, 0.3) is 0 Å². The van der Waals surface area contributed by atoms with Gasteiger partial charge in [0.05, 0.1) is 18.4 Å². The summed E-state index contributed by atoms with van der Waals surface area (Å²) in [5, 5.41) is 12.1. The number of rotatable bonds is 5. The molecule has 0 aromatic heterocycles. The Labute approximate surface area is 90.8 Å². The van der Waals surface area contributed by atoms with Gasteiger partial charge in [-0.15, -0.1) is 6.58 Å². The second kappa shape index (κ2) is 5.60. The molecule has 1 rings (SSSR count). The van der Waals surface area contributed by atoms with Crippen molar-refractivity contribution in [3.8, 4) is 0 Å². The number of hydrogen-bond donors (Lipinski definition) is 2. The van der Waals surface area contributed by atoms with E-state index in [4.69, 9.17) is 5.11 Å². The molecular weight excluding hydrogens is 216 g/mol. The van der Waals surface area contributed by atoms with Crippen LogP contribution in [0, 0.1) is 0 Å². The maximum atomic E-state index is 11.9. The van der Waals surface area contributed by atoms with Crippen LogP contribution in [0.3, 0.4) is 0 Å². The average molecular weight is 234 g/mol. The maximum absolute atomic E-state index is 11.9. The molecule has 0 aromatic carbocycles. The largest absolute Gasteiger partial charge is 0.395 e. The van der Waals surface area contributed by atoms with Gasteiger partial charge in [0.15, 0.2) is 0 Å². The lowest BCUT2D eigenvalue weighted by molar-refractivity contribution is 0.165.